The van der Waals surface area contributed by atoms with Crippen molar-refractivity contribution >= 4 is 22.9 Å². The molecule has 7 heteroatoms. The van der Waals surface area contributed by atoms with Gasteiger partial charge in [-0.1, -0.05) is 0 Å². The van der Waals surface area contributed by atoms with Gasteiger partial charge in [0.2, 0.25) is 0 Å². The van der Waals surface area contributed by atoms with Crippen molar-refractivity contribution in [2.45, 2.75) is 32.1 Å². The van der Waals surface area contributed by atoms with Crippen molar-refractivity contribution in [1.82, 2.24) is 19.7 Å². The standard InChI is InChI=1S/C16H20N4O3/c1-9-14-11(16(23)19(2)7-6-13(21)22)8-12(10-4-5-10)17-15(14)20(3)18-9/h8,10H,4-7H2,1-3H3,(H,21,22). The van der Waals surface area contributed by atoms with E-state index in [0.29, 0.717) is 17.1 Å². The summed E-state index contributed by atoms with van der Waals surface area (Å²) in [5, 5.41) is 13.9. The number of aliphatic carboxylic acids is 1. The summed E-state index contributed by atoms with van der Waals surface area (Å²) >= 11 is 0. The molecule has 1 aliphatic carbocycles. The average Bonchev–Trinajstić information content (AvgIpc) is 3.31. The quantitative estimate of drug-likeness (QED) is 0.907. The van der Waals surface area contributed by atoms with Crippen molar-refractivity contribution in [3.8, 4) is 0 Å². The first kappa shape index (κ1) is 15.5. The van der Waals surface area contributed by atoms with Crippen LogP contribution < -0.4 is 0 Å². The molecule has 2 aromatic heterocycles. The number of rotatable bonds is 5. The third-order valence-electron chi connectivity index (χ3n) is 4.22. The van der Waals surface area contributed by atoms with Crippen LogP contribution in [0.25, 0.3) is 11.0 Å². The zero-order valence-electron chi connectivity index (χ0n) is 13.5. The molecule has 0 radical (unpaired) electrons. The van der Waals surface area contributed by atoms with Crippen LogP contribution in [0.2, 0.25) is 0 Å². The van der Waals surface area contributed by atoms with Gasteiger partial charge in [0.05, 0.1) is 23.1 Å². The summed E-state index contributed by atoms with van der Waals surface area (Å²) < 4.78 is 1.70. The Hall–Kier alpha value is -2.44. The predicted octanol–water partition coefficient (Wildman–Crippen LogP) is 1.70. The Bertz CT molecular complexity index is 792. The van der Waals surface area contributed by atoms with Gasteiger partial charge in [-0.3, -0.25) is 14.3 Å². The number of carboxylic acid groups (broad SMARTS) is 1. The number of carboxylic acids is 1. The van der Waals surface area contributed by atoms with E-state index in [0.717, 1.165) is 29.6 Å². The van der Waals surface area contributed by atoms with Gasteiger partial charge in [-0.25, -0.2) is 4.98 Å². The minimum absolute atomic E-state index is 0.0715. The molecular formula is C16H20N4O3. The van der Waals surface area contributed by atoms with E-state index < -0.39 is 5.97 Å². The lowest BCUT2D eigenvalue weighted by Crippen LogP contribution is -2.29. The molecule has 2 aromatic rings. The predicted molar refractivity (Wildman–Crippen MR) is 84.4 cm³/mol. The van der Waals surface area contributed by atoms with Gasteiger partial charge in [-0.15, -0.1) is 0 Å². The van der Waals surface area contributed by atoms with Crippen LogP contribution >= 0.6 is 0 Å². The van der Waals surface area contributed by atoms with Crippen molar-refractivity contribution in [2.24, 2.45) is 7.05 Å². The second-order valence-corrected chi connectivity index (χ2v) is 6.15. The number of carbonyl (C=O) groups excluding carboxylic acids is 1. The summed E-state index contributed by atoms with van der Waals surface area (Å²) in [5.74, 6) is -0.678. The van der Waals surface area contributed by atoms with Gasteiger partial charge in [0, 0.05) is 32.3 Å². The van der Waals surface area contributed by atoms with Crippen molar-refractivity contribution in [1.29, 1.82) is 0 Å². The highest BCUT2D eigenvalue weighted by Gasteiger charge is 2.29. The highest BCUT2D eigenvalue weighted by Crippen LogP contribution is 2.40. The van der Waals surface area contributed by atoms with Gasteiger partial charge in [0.1, 0.15) is 0 Å². The van der Waals surface area contributed by atoms with Gasteiger partial charge in [-0.2, -0.15) is 5.10 Å². The molecule has 7 nitrogen and oxygen atoms in total. The van der Waals surface area contributed by atoms with Crippen LogP contribution in [0.3, 0.4) is 0 Å². The molecule has 0 unspecified atom stereocenters. The number of aryl methyl sites for hydroxylation is 2. The van der Waals surface area contributed by atoms with Gasteiger partial charge in [0.15, 0.2) is 5.65 Å². The number of amides is 1. The van der Waals surface area contributed by atoms with E-state index in [4.69, 9.17) is 5.11 Å². The third kappa shape index (κ3) is 2.91. The molecule has 0 bridgehead atoms. The SMILES string of the molecule is Cc1nn(C)c2nc(C3CC3)cc(C(=O)N(C)CCC(=O)O)c12. The number of pyridine rings is 1. The Kier molecular flexibility index (Phi) is 3.79. The van der Waals surface area contributed by atoms with Crippen LogP contribution in [0, 0.1) is 6.92 Å². The summed E-state index contributed by atoms with van der Waals surface area (Å²) in [6, 6.07) is 1.86. The molecule has 2 heterocycles. The molecule has 0 aliphatic heterocycles. The minimum Gasteiger partial charge on any atom is -0.481 e. The summed E-state index contributed by atoms with van der Waals surface area (Å²) in [6.07, 6.45) is 2.12. The Labute approximate surface area is 133 Å². The first-order valence-corrected chi connectivity index (χ1v) is 7.70. The minimum atomic E-state index is -0.916. The first-order chi connectivity index (χ1) is 10.9. The molecule has 3 rings (SSSR count). The normalized spacial score (nSPS) is 14.2. The zero-order chi connectivity index (χ0) is 16.7. The number of fused-ring (bicyclic) bond motifs is 1. The number of hydrogen-bond donors (Lipinski definition) is 1. The Balaban J connectivity index is 2.04. The third-order valence-corrected chi connectivity index (χ3v) is 4.22. The smallest absolute Gasteiger partial charge is 0.305 e. The van der Waals surface area contributed by atoms with Crippen molar-refractivity contribution in [2.75, 3.05) is 13.6 Å². The fourth-order valence-corrected chi connectivity index (χ4v) is 2.79. The molecule has 23 heavy (non-hydrogen) atoms. The van der Waals surface area contributed by atoms with Gasteiger partial charge >= 0.3 is 5.97 Å². The zero-order valence-corrected chi connectivity index (χ0v) is 13.5. The molecule has 0 atom stereocenters. The van der Waals surface area contributed by atoms with E-state index in [1.54, 1.807) is 11.7 Å². The van der Waals surface area contributed by atoms with Crippen LogP contribution in [-0.4, -0.2) is 50.2 Å². The molecule has 122 valence electrons. The van der Waals surface area contributed by atoms with Crippen LogP contribution in [0.1, 0.15) is 46.9 Å². The molecule has 1 aliphatic rings. The highest BCUT2D eigenvalue weighted by molar-refractivity contribution is 6.06. The summed E-state index contributed by atoms with van der Waals surface area (Å²) in [5.41, 5.74) is 2.96. The second kappa shape index (κ2) is 5.64. The summed E-state index contributed by atoms with van der Waals surface area (Å²) in [4.78, 5) is 29.6. The summed E-state index contributed by atoms with van der Waals surface area (Å²) in [7, 11) is 3.45. The lowest BCUT2D eigenvalue weighted by molar-refractivity contribution is -0.137. The van der Waals surface area contributed by atoms with Gasteiger partial charge < -0.3 is 10.0 Å². The number of aromatic nitrogens is 3. The fraction of sp³-hybridized carbons (Fsp3) is 0.500. The first-order valence-electron chi connectivity index (χ1n) is 7.70. The Morgan fingerprint density at radius 3 is 2.74 bits per heavy atom. The van der Waals surface area contributed by atoms with Crippen LogP contribution in [-0.2, 0) is 11.8 Å². The molecule has 1 amide bonds. The topological polar surface area (TPSA) is 88.3 Å². The molecule has 0 aromatic carbocycles. The van der Waals surface area contributed by atoms with Crippen molar-refractivity contribution < 1.29 is 14.7 Å². The molecular weight excluding hydrogens is 296 g/mol. The monoisotopic (exact) mass is 316 g/mol. The maximum absolute atomic E-state index is 12.8. The number of carbonyl (C=O) groups is 2. The lowest BCUT2D eigenvalue weighted by Gasteiger charge is -2.17. The summed E-state index contributed by atoms with van der Waals surface area (Å²) in [6.45, 7) is 2.03. The molecule has 1 N–H and O–H groups in total. The van der Waals surface area contributed by atoms with Crippen LogP contribution in [0.4, 0.5) is 0 Å². The number of hydrogen-bond acceptors (Lipinski definition) is 4. The Morgan fingerprint density at radius 1 is 1.43 bits per heavy atom. The van der Waals surface area contributed by atoms with Crippen LogP contribution in [0.15, 0.2) is 6.07 Å². The number of nitrogens with zero attached hydrogens (tertiary/aromatic N) is 4. The highest BCUT2D eigenvalue weighted by atomic mass is 16.4. The van der Waals surface area contributed by atoms with E-state index in [-0.39, 0.29) is 18.9 Å². The van der Waals surface area contributed by atoms with Gasteiger partial charge in [-0.05, 0) is 25.8 Å². The van der Waals surface area contributed by atoms with Crippen LogP contribution in [0.5, 0.6) is 0 Å². The average molecular weight is 316 g/mol. The largest absolute Gasteiger partial charge is 0.481 e. The fourth-order valence-electron chi connectivity index (χ4n) is 2.79. The maximum Gasteiger partial charge on any atom is 0.305 e. The van der Waals surface area contributed by atoms with E-state index in [9.17, 15) is 9.59 Å². The second-order valence-electron chi connectivity index (χ2n) is 6.15. The lowest BCUT2D eigenvalue weighted by atomic mass is 10.1. The van der Waals surface area contributed by atoms with Crippen molar-refractivity contribution in [3.05, 3.63) is 23.0 Å². The van der Waals surface area contributed by atoms with Gasteiger partial charge in [0.25, 0.3) is 5.91 Å². The Morgan fingerprint density at radius 2 is 2.13 bits per heavy atom. The molecule has 0 saturated heterocycles. The van der Waals surface area contributed by atoms with E-state index >= 15 is 0 Å². The molecule has 0 spiro atoms. The van der Waals surface area contributed by atoms with E-state index in [2.05, 4.69) is 10.1 Å². The maximum atomic E-state index is 12.8. The molecule has 1 saturated carbocycles. The van der Waals surface area contributed by atoms with E-state index in [1.807, 2.05) is 20.0 Å². The molecule has 1 fully saturated rings. The van der Waals surface area contributed by atoms with Crippen molar-refractivity contribution in [3.63, 3.8) is 0 Å². The van der Waals surface area contributed by atoms with E-state index in [1.165, 1.54) is 4.90 Å².